The molecule has 1 aromatic rings. The van der Waals surface area contributed by atoms with E-state index in [1.54, 1.807) is 21.3 Å². The van der Waals surface area contributed by atoms with Gasteiger partial charge < -0.3 is 24.8 Å². The van der Waals surface area contributed by atoms with Crippen molar-refractivity contribution in [3.63, 3.8) is 0 Å². The number of amides is 1. The molecule has 0 aromatic heterocycles. The van der Waals surface area contributed by atoms with E-state index in [-0.39, 0.29) is 24.4 Å². The summed E-state index contributed by atoms with van der Waals surface area (Å²) in [6.45, 7) is 0. The fourth-order valence-electron chi connectivity index (χ4n) is 3.88. The van der Waals surface area contributed by atoms with Crippen LogP contribution in [0.3, 0.4) is 0 Å². The van der Waals surface area contributed by atoms with E-state index in [1.807, 2.05) is 12.1 Å². The topological polar surface area (TPSA) is 68.8 Å². The highest BCUT2D eigenvalue weighted by Crippen LogP contribution is 2.38. The molecule has 0 aliphatic carbocycles. The van der Waals surface area contributed by atoms with Gasteiger partial charge in [-0.3, -0.25) is 4.79 Å². The third kappa shape index (κ3) is 4.50. The van der Waals surface area contributed by atoms with Crippen molar-refractivity contribution in [3.8, 4) is 17.2 Å². The van der Waals surface area contributed by atoms with E-state index < -0.39 is 0 Å². The number of piperidine rings is 1. The molecule has 25 heavy (non-hydrogen) atoms. The van der Waals surface area contributed by atoms with Crippen molar-refractivity contribution in [1.82, 2.24) is 10.6 Å². The monoisotopic (exact) mass is 370 g/mol. The van der Waals surface area contributed by atoms with Crippen molar-refractivity contribution < 1.29 is 19.0 Å². The molecular formula is C18H27ClN2O4. The lowest BCUT2D eigenvalue weighted by molar-refractivity contribution is -0.121. The van der Waals surface area contributed by atoms with Gasteiger partial charge in [0.1, 0.15) is 0 Å². The molecule has 2 aliphatic heterocycles. The Bertz CT molecular complexity index is 574. The van der Waals surface area contributed by atoms with Gasteiger partial charge in [-0.05, 0) is 43.4 Å². The average molecular weight is 371 g/mol. The maximum Gasteiger partial charge on any atom is 0.224 e. The summed E-state index contributed by atoms with van der Waals surface area (Å²) in [6, 6.07) is 5.06. The Morgan fingerprint density at radius 2 is 1.64 bits per heavy atom. The number of carbonyl (C=O) groups excluding carboxylic acids is 1. The summed E-state index contributed by atoms with van der Waals surface area (Å²) in [5.41, 5.74) is 0.846. The van der Waals surface area contributed by atoms with Crippen molar-refractivity contribution >= 4 is 18.3 Å². The lowest BCUT2D eigenvalue weighted by Crippen LogP contribution is -2.48. The van der Waals surface area contributed by atoms with Crippen LogP contribution in [0.1, 0.15) is 31.2 Å². The fraction of sp³-hybridized carbons (Fsp3) is 0.611. The van der Waals surface area contributed by atoms with Crippen molar-refractivity contribution in [2.75, 3.05) is 21.3 Å². The highest BCUT2D eigenvalue weighted by atomic mass is 35.5. The zero-order valence-electron chi connectivity index (χ0n) is 15.0. The van der Waals surface area contributed by atoms with E-state index in [4.69, 9.17) is 14.2 Å². The molecule has 2 unspecified atom stereocenters. The van der Waals surface area contributed by atoms with Gasteiger partial charge in [0.05, 0.1) is 27.8 Å². The Balaban J connectivity index is 0.00000225. The van der Waals surface area contributed by atoms with Gasteiger partial charge in [0.2, 0.25) is 11.7 Å². The van der Waals surface area contributed by atoms with Crippen LogP contribution in [0, 0.1) is 0 Å². The van der Waals surface area contributed by atoms with E-state index in [2.05, 4.69) is 10.6 Å². The molecule has 2 fully saturated rings. The number of benzene rings is 1. The number of ether oxygens (including phenoxy) is 3. The Labute approximate surface area is 155 Å². The molecule has 0 radical (unpaired) electrons. The van der Waals surface area contributed by atoms with Crippen LogP contribution >= 0.6 is 12.4 Å². The Kier molecular flexibility index (Phi) is 6.79. The molecule has 0 saturated carbocycles. The first-order valence-corrected chi connectivity index (χ1v) is 8.47. The number of hydrogen-bond acceptors (Lipinski definition) is 5. The molecule has 1 aromatic carbocycles. The quantitative estimate of drug-likeness (QED) is 0.802. The second-order valence-electron chi connectivity index (χ2n) is 6.58. The van der Waals surface area contributed by atoms with Crippen LogP contribution in [0.15, 0.2) is 12.1 Å². The molecule has 2 bridgehead atoms. The molecule has 7 heteroatoms. The standard InChI is InChI=1S/C18H26N2O4.ClH/c1-22-15-6-11(7-16(23-2)18(15)24-3)8-17(21)20-14-9-12-4-5-13(10-14)19-12;/h6-7,12-14,19H,4-5,8-10H2,1-3H3,(H,20,21);1H. The van der Waals surface area contributed by atoms with Gasteiger partial charge in [-0.25, -0.2) is 0 Å². The maximum atomic E-state index is 12.4. The van der Waals surface area contributed by atoms with Crippen LogP contribution in [0.25, 0.3) is 0 Å². The number of carbonyl (C=O) groups is 1. The first-order chi connectivity index (χ1) is 11.6. The number of nitrogens with one attached hydrogen (secondary N) is 2. The Morgan fingerprint density at radius 1 is 1.08 bits per heavy atom. The molecular weight excluding hydrogens is 344 g/mol. The van der Waals surface area contributed by atoms with Gasteiger partial charge in [-0.15, -0.1) is 12.4 Å². The SMILES string of the molecule is COc1cc(CC(=O)NC2CC3CCC(C2)N3)cc(OC)c1OC.Cl. The summed E-state index contributed by atoms with van der Waals surface area (Å²) < 4.78 is 16.0. The van der Waals surface area contributed by atoms with Crippen molar-refractivity contribution in [2.45, 2.75) is 50.2 Å². The Morgan fingerprint density at radius 3 is 2.12 bits per heavy atom. The van der Waals surface area contributed by atoms with E-state index in [1.165, 1.54) is 12.8 Å². The molecule has 2 heterocycles. The molecule has 3 rings (SSSR count). The van der Waals surface area contributed by atoms with E-state index in [0.29, 0.717) is 35.8 Å². The molecule has 2 N–H and O–H groups in total. The number of rotatable bonds is 6. The highest BCUT2D eigenvalue weighted by Gasteiger charge is 2.33. The minimum Gasteiger partial charge on any atom is -0.493 e. The third-order valence-corrected chi connectivity index (χ3v) is 4.93. The first kappa shape index (κ1) is 19.7. The second kappa shape index (κ2) is 8.63. The minimum atomic E-state index is 0. The van der Waals surface area contributed by atoms with Gasteiger partial charge in [-0.2, -0.15) is 0 Å². The van der Waals surface area contributed by atoms with Gasteiger partial charge >= 0.3 is 0 Å². The zero-order valence-corrected chi connectivity index (χ0v) is 15.8. The fourth-order valence-corrected chi connectivity index (χ4v) is 3.88. The maximum absolute atomic E-state index is 12.4. The predicted octanol–water partition coefficient (Wildman–Crippen LogP) is 2.08. The van der Waals surface area contributed by atoms with Crippen LogP contribution in [-0.4, -0.2) is 45.4 Å². The number of halogens is 1. The number of hydrogen-bond donors (Lipinski definition) is 2. The van der Waals surface area contributed by atoms with Gasteiger partial charge in [0.15, 0.2) is 11.5 Å². The van der Waals surface area contributed by atoms with Crippen LogP contribution in [0.4, 0.5) is 0 Å². The molecule has 140 valence electrons. The molecule has 2 aliphatic rings. The van der Waals surface area contributed by atoms with E-state index in [0.717, 1.165) is 18.4 Å². The van der Waals surface area contributed by atoms with Crippen molar-refractivity contribution in [1.29, 1.82) is 0 Å². The molecule has 2 atom stereocenters. The summed E-state index contributed by atoms with van der Waals surface area (Å²) in [4.78, 5) is 12.4. The van der Waals surface area contributed by atoms with Gasteiger partial charge in [0, 0.05) is 18.1 Å². The van der Waals surface area contributed by atoms with Crippen molar-refractivity contribution in [3.05, 3.63) is 17.7 Å². The normalized spacial score (nSPS) is 24.2. The van der Waals surface area contributed by atoms with Crippen molar-refractivity contribution in [2.24, 2.45) is 0 Å². The van der Waals surface area contributed by atoms with Crippen LogP contribution < -0.4 is 24.8 Å². The second-order valence-corrected chi connectivity index (χ2v) is 6.58. The third-order valence-electron chi connectivity index (χ3n) is 4.93. The zero-order chi connectivity index (χ0) is 17.1. The number of fused-ring (bicyclic) bond motifs is 2. The molecule has 0 spiro atoms. The summed E-state index contributed by atoms with van der Waals surface area (Å²) in [5.74, 6) is 1.72. The summed E-state index contributed by atoms with van der Waals surface area (Å²) in [6.07, 6.45) is 4.80. The number of methoxy groups -OCH3 is 3. The largest absolute Gasteiger partial charge is 0.493 e. The molecule has 2 saturated heterocycles. The smallest absolute Gasteiger partial charge is 0.224 e. The van der Waals surface area contributed by atoms with Crippen LogP contribution in [-0.2, 0) is 11.2 Å². The van der Waals surface area contributed by atoms with Gasteiger partial charge in [0.25, 0.3) is 0 Å². The summed E-state index contributed by atoms with van der Waals surface area (Å²) >= 11 is 0. The minimum absolute atomic E-state index is 0. The molecule has 1 amide bonds. The highest BCUT2D eigenvalue weighted by molar-refractivity contribution is 5.85. The van der Waals surface area contributed by atoms with Crippen LogP contribution in [0.2, 0.25) is 0 Å². The summed E-state index contributed by atoms with van der Waals surface area (Å²) in [5, 5.41) is 6.77. The average Bonchev–Trinajstić information content (AvgIpc) is 2.92. The van der Waals surface area contributed by atoms with Crippen LogP contribution in [0.5, 0.6) is 17.2 Å². The Hall–Kier alpha value is -1.66. The van der Waals surface area contributed by atoms with E-state index >= 15 is 0 Å². The van der Waals surface area contributed by atoms with E-state index in [9.17, 15) is 4.79 Å². The lowest BCUT2D eigenvalue weighted by Gasteiger charge is -2.29. The van der Waals surface area contributed by atoms with Gasteiger partial charge in [-0.1, -0.05) is 0 Å². The summed E-state index contributed by atoms with van der Waals surface area (Å²) in [7, 11) is 4.72. The molecule has 6 nitrogen and oxygen atoms in total. The predicted molar refractivity (Wildman–Crippen MR) is 98.2 cm³/mol. The lowest BCUT2D eigenvalue weighted by atomic mass is 9.99. The first-order valence-electron chi connectivity index (χ1n) is 8.47.